The zero-order chi connectivity index (χ0) is 21.0. The van der Waals surface area contributed by atoms with E-state index in [2.05, 4.69) is 20.3 Å². The highest BCUT2D eigenvalue weighted by Crippen LogP contribution is 2.31. The minimum atomic E-state index is 0.0100. The van der Waals surface area contributed by atoms with Crippen molar-refractivity contribution in [2.24, 2.45) is 0 Å². The van der Waals surface area contributed by atoms with E-state index in [1.165, 1.54) is 0 Å². The van der Waals surface area contributed by atoms with E-state index >= 15 is 0 Å². The van der Waals surface area contributed by atoms with Crippen molar-refractivity contribution in [3.05, 3.63) is 73.2 Å². The van der Waals surface area contributed by atoms with Crippen LogP contribution in [-0.2, 0) is 4.79 Å². The summed E-state index contributed by atoms with van der Waals surface area (Å²) < 4.78 is 1.88. The number of fused-ring (bicyclic) bond motifs is 1. The van der Waals surface area contributed by atoms with E-state index in [-0.39, 0.29) is 11.9 Å². The van der Waals surface area contributed by atoms with Crippen LogP contribution in [0.15, 0.2) is 67.5 Å². The maximum Gasteiger partial charge on any atom is 0.224 e. The Morgan fingerprint density at radius 3 is 2.97 bits per heavy atom. The van der Waals surface area contributed by atoms with E-state index in [0.29, 0.717) is 13.0 Å². The first-order valence-corrected chi connectivity index (χ1v) is 10.5. The van der Waals surface area contributed by atoms with Crippen LogP contribution in [0.4, 0.5) is 5.82 Å². The third-order valence-electron chi connectivity index (χ3n) is 5.61. The van der Waals surface area contributed by atoms with Crippen LogP contribution in [0, 0.1) is 0 Å². The molecule has 4 aromatic rings. The van der Waals surface area contributed by atoms with Gasteiger partial charge in [0.05, 0.1) is 17.3 Å². The second kappa shape index (κ2) is 8.51. The summed E-state index contributed by atoms with van der Waals surface area (Å²) in [6.07, 6.45) is 9.18. The van der Waals surface area contributed by atoms with Crippen molar-refractivity contribution in [1.29, 1.82) is 0 Å². The van der Waals surface area contributed by atoms with Crippen molar-refractivity contribution < 1.29 is 4.79 Å². The summed E-state index contributed by atoms with van der Waals surface area (Å²) in [5.41, 5.74) is 1.81. The van der Waals surface area contributed by atoms with Crippen LogP contribution in [0.2, 0.25) is 0 Å². The van der Waals surface area contributed by atoms with Gasteiger partial charge < -0.3 is 10.2 Å². The van der Waals surface area contributed by atoms with E-state index in [0.717, 1.165) is 47.6 Å². The molecule has 8 heteroatoms. The molecule has 0 saturated carbocycles. The fourth-order valence-corrected chi connectivity index (χ4v) is 4.11. The number of amides is 1. The predicted molar refractivity (Wildman–Crippen MR) is 118 cm³/mol. The first-order valence-electron chi connectivity index (χ1n) is 10.5. The molecule has 1 saturated heterocycles. The molecule has 0 bridgehead atoms. The molecule has 1 amide bonds. The maximum absolute atomic E-state index is 13.0. The normalized spacial score (nSPS) is 16.0. The number of carbonyl (C=O) groups is 1. The van der Waals surface area contributed by atoms with Crippen molar-refractivity contribution in [2.75, 3.05) is 18.4 Å². The summed E-state index contributed by atoms with van der Waals surface area (Å²) in [5.74, 6) is 1.70. The van der Waals surface area contributed by atoms with Gasteiger partial charge in [-0.15, -0.1) is 0 Å². The molecule has 3 aromatic heterocycles. The zero-order valence-electron chi connectivity index (χ0n) is 17.1. The third-order valence-corrected chi connectivity index (χ3v) is 5.61. The Morgan fingerprint density at radius 1 is 1.13 bits per heavy atom. The van der Waals surface area contributed by atoms with Gasteiger partial charge in [0.1, 0.15) is 24.3 Å². The molecule has 0 spiro atoms. The molecule has 0 radical (unpaired) electrons. The number of rotatable bonds is 6. The van der Waals surface area contributed by atoms with Gasteiger partial charge in [-0.25, -0.2) is 19.9 Å². The average molecular weight is 413 g/mol. The van der Waals surface area contributed by atoms with Crippen LogP contribution in [0.25, 0.3) is 16.7 Å². The van der Waals surface area contributed by atoms with Gasteiger partial charge in [-0.1, -0.05) is 18.2 Å². The van der Waals surface area contributed by atoms with E-state index in [4.69, 9.17) is 4.98 Å². The van der Waals surface area contributed by atoms with Crippen LogP contribution in [0.5, 0.6) is 0 Å². The average Bonchev–Trinajstić information content (AvgIpc) is 3.52. The standard InChI is InChI=1S/C23H23N7O/c31-22(10-11-25-23-17-5-1-2-6-18(17)26-15-27-23)30-13-4-8-20(30)19-7-3-9-21(28-19)29-14-12-24-16-29/h1-3,5-7,9,12,14-16,20H,4,8,10-11,13H2,(H,25,26,27). The number of anilines is 1. The molecular formula is C23H23N7O. The number of hydrogen-bond donors (Lipinski definition) is 1. The van der Waals surface area contributed by atoms with E-state index in [1.54, 1.807) is 18.9 Å². The van der Waals surface area contributed by atoms with Gasteiger partial charge in [0.2, 0.25) is 5.91 Å². The fourth-order valence-electron chi connectivity index (χ4n) is 4.11. The van der Waals surface area contributed by atoms with Crippen molar-refractivity contribution in [3.63, 3.8) is 0 Å². The fraction of sp³-hybridized carbons (Fsp3) is 0.261. The van der Waals surface area contributed by atoms with Crippen molar-refractivity contribution in [1.82, 2.24) is 29.4 Å². The topological polar surface area (TPSA) is 88.8 Å². The van der Waals surface area contributed by atoms with E-state index < -0.39 is 0 Å². The van der Waals surface area contributed by atoms with Crippen LogP contribution < -0.4 is 5.32 Å². The zero-order valence-corrected chi connectivity index (χ0v) is 17.1. The molecule has 1 aliphatic heterocycles. The Kier molecular flexibility index (Phi) is 5.26. The lowest BCUT2D eigenvalue weighted by Gasteiger charge is -2.25. The summed E-state index contributed by atoms with van der Waals surface area (Å²) in [6.45, 7) is 1.28. The van der Waals surface area contributed by atoms with Gasteiger partial charge >= 0.3 is 0 Å². The number of hydrogen-bond acceptors (Lipinski definition) is 6. The highest BCUT2D eigenvalue weighted by atomic mass is 16.2. The molecule has 156 valence electrons. The van der Waals surface area contributed by atoms with Gasteiger partial charge in [0, 0.05) is 37.3 Å². The van der Waals surface area contributed by atoms with Gasteiger partial charge in [-0.3, -0.25) is 9.36 Å². The first-order chi connectivity index (χ1) is 15.3. The monoisotopic (exact) mass is 413 g/mol. The Morgan fingerprint density at radius 2 is 2.06 bits per heavy atom. The predicted octanol–water partition coefficient (Wildman–Crippen LogP) is 3.38. The van der Waals surface area contributed by atoms with Gasteiger partial charge in [0.15, 0.2) is 0 Å². The van der Waals surface area contributed by atoms with Gasteiger partial charge in [-0.05, 0) is 37.1 Å². The van der Waals surface area contributed by atoms with Crippen LogP contribution in [0.1, 0.15) is 31.0 Å². The smallest absolute Gasteiger partial charge is 0.224 e. The Labute approximate surface area is 180 Å². The summed E-state index contributed by atoms with van der Waals surface area (Å²) in [6, 6.07) is 13.8. The highest BCUT2D eigenvalue weighted by molar-refractivity contribution is 5.88. The molecule has 4 heterocycles. The van der Waals surface area contributed by atoms with Crippen LogP contribution in [-0.4, -0.2) is 48.4 Å². The lowest BCUT2D eigenvalue weighted by atomic mass is 10.1. The largest absolute Gasteiger partial charge is 0.369 e. The minimum absolute atomic E-state index is 0.0100. The lowest BCUT2D eigenvalue weighted by molar-refractivity contribution is -0.131. The molecule has 1 N–H and O–H groups in total. The number of para-hydroxylation sites is 1. The third kappa shape index (κ3) is 3.96. The molecule has 0 aliphatic carbocycles. The molecule has 5 rings (SSSR count). The second-order valence-electron chi connectivity index (χ2n) is 7.55. The SMILES string of the molecule is O=C(CCNc1ncnc2ccccc12)N1CCCC1c1cccc(-n2ccnc2)n1. The minimum Gasteiger partial charge on any atom is -0.369 e. The number of imidazole rings is 1. The quantitative estimate of drug-likeness (QED) is 0.521. The van der Waals surface area contributed by atoms with Crippen LogP contribution in [0.3, 0.4) is 0 Å². The number of likely N-dealkylation sites (tertiary alicyclic amines) is 1. The van der Waals surface area contributed by atoms with E-state index in [9.17, 15) is 4.79 Å². The molecule has 1 fully saturated rings. The molecule has 31 heavy (non-hydrogen) atoms. The number of aromatic nitrogens is 5. The molecular weight excluding hydrogens is 390 g/mol. The number of benzene rings is 1. The van der Waals surface area contributed by atoms with Gasteiger partial charge in [0.25, 0.3) is 0 Å². The number of carbonyl (C=O) groups excluding carboxylic acids is 1. The second-order valence-corrected chi connectivity index (χ2v) is 7.55. The number of pyridine rings is 1. The van der Waals surface area contributed by atoms with Crippen molar-refractivity contribution >= 4 is 22.6 Å². The summed E-state index contributed by atoms with van der Waals surface area (Å²) in [7, 11) is 0. The Hall–Kier alpha value is -3.81. The number of nitrogens with one attached hydrogen (secondary N) is 1. The summed E-state index contributed by atoms with van der Waals surface area (Å²) in [4.78, 5) is 32.5. The highest BCUT2D eigenvalue weighted by Gasteiger charge is 2.30. The molecule has 1 atom stereocenters. The lowest BCUT2D eigenvalue weighted by Crippen LogP contribution is -2.32. The maximum atomic E-state index is 13.0. The van der Waals surface area contributed by atoms with Crippen molar-refractivity contribution in [3.8, 4) is 5.82 Å². The molecule has 8 nitrogen and oxygen atoms in total. The van der Waals surface area contributed by atoms with Crippen molar-refractivity contribution in [2.45, 2.75) is 25.3 Å². The van der Waals surface area contributed by atoms with Gasteiger partial charge in [-0.2, -0.15) is 0 Å². The van der Waals surface area contributed by atoms with Crippen LogP contribution >= 0.6 is 0 Å². The number of nitrogens with zero attached hydrogens (tertiary/aromatic N) is 6. The molecule has 1 unspecified atom stereocenters. The Bertz CT molecular complexity index is 1190. The first kappa shape index (κ1) is 19.2. The molecule has 1 aromatic carbocycles. The summed E-state index contributed by atoms with van der Waals surface area (Å²) in [5, 5.41) is 4.26. The summed E-state index contributed by atoms with van der Waals surface area (Å²) >= 11 is 0. The van der Waals surface area contributed by atoms with E-state index in [1.807, 2.05) is 58.1 Å². The molecule has 1 aliphatic rings. The Balaban J connectivity index is 1.26.